The van der Waals surface area contributed by atoms with Gasteiger partial charge in [-0.25, -0.2) is 8.42 Å². The average molecular weight is 430 g/mol. The van der Waals surface area contributed by atoms with Crippen LogP contribution in [0, 0.1) is 18.8 Å². The van der Waals surface area contributed by atoms with Crippen LogP contribution in [0.1, 0.15) is 22.3 Å². The molecule has 4 aromatic rings. The van der Waals surface area contributed by atoms with Crippen molar-refractivity contribution in [2.45, 2.75) is 18.4 Å². The molecule has 7 heteroatoms. The van der Waals surface area contributed by atoms with Gasteiger partial charge in [-0.2, -0.15) is 0 Å². The SMILES string of the molecule is Cc1ccc2cccnc2c1S(=O)(=O)Nc1ccccc1C#Cc1cncc(CO)c1. The fraction of sp³-hybridized carbons (Fsp3) is 0.0833. The van der Waals surface area contributed by atoms with E-state index in [1.165, 1.54) is 0 Å². The lowest BCUT2D eigenvalue weighted by Gasteiger charge is -2.13. The van der Waals surface area contributed by atoms with Gasteiger partial charge < -0.3 is 5.11 Å². The Balaban J connectivity index is 1.73. The molecule has 2 heterocycles. The number of pyridine rings is 2. The molecule has 0 saturated heterocycles. The van der Waals surface area contributed by atoms with Crippen LogP contribution in [0.3, 0.4) is 0 Å². The first kappa shape index (κ1) is 20.5. The fourth-order valence-electron chi connectivity index (χ4n) is 3.22. The zero-order chi connectivity index (χ0) is 21.8. The topological polar surface area (TPSA) is 92.2 Å². The highest BCUT2D eigenvalue weighted by Crippen LogP contribution is 2.27. The van der Waals surface area contributed by atoms with E-state index in [1.54, 1.807) is 68.0 Å². The smallest absolute Gasteiger partial charge is 0.264 e. The third-order valence-corrected chi connectivity index (χ3v) is 6.23. The number of hydrogen-bond donors (Lipinski definition) is 2. The average Bonchev–Trinajstić information content (AvgIpc) is 2.78. The Kier molecular flexibility index (Phi) is 5.67. The maximum absolute atomic E-state index is 13.3. The second-order valence-corrected chi connectivity index (χ2v) is 8.55. The molecule has 154 valence electrons. The first-order valence-electron chi connectivity index (χ1n) is 9.51. The number of aromatic nitrogens is 2. The lowest BCUT2D eigenvalue weighted by atomic mass is 10.1. The molecule has 0 spiro atoms. The Morgan fingerprint density at radius 2 is 1.87 bits per heavy atom. The van der Waals surface area contributed by atoms with Crippen LogP contribution >= 0.6 is 0 Å². The number of benzene rings is 2. The van der Waals surface area contributed by atoms with Crippen molar-refractivity contribution in [2.24, 2.45) is 0 Å². The first-order valence-corrected chi connectivity index (χ1v) is 11.0. The van der Waals surface area contributed by atoms with Crippen LogP contribution in [0.5, 0.6) is 0 Å². The predicted molar refractivity (Wildman–Crippen MR) is 120 cm³/mol. The molecule has 2 aromatic heterocycles. The summed E-state index contributed by atoms with van der Waals surface area (Å²) < 4.78 is 29.3. The molecule has 0 unspecified atom stereocenters. The number of aryl methyl sites for hydroxylation is 1. The monoisotopic (exact) mass is 429 g/mol. The Morgan fingerprint density at radius 1 is 1.03 bits per heavy atom. The van der Waals surface area contributed by atoms with Gasteiger partial charge in [0.25, 0.3) is 10.0 Å². The summed E-state index contributed by atoms with van der Waals surface area (Å²) in [6.07, 6.45) is 4.73. The van der Waals surface area contributed by atoms with Crippen molar-refractivity contribution in [3.05, 3.63) is 95.4 Å². The van der Waals surface area contributed by atoms with Crippen molar-refractivity contribution in [1.82, 2.24) is 9.97 Å². The first-order chi connectivity index (χ1) is 15.0. The zero-order valence-electron chi connectivity index (χ0n) is 16.7. The van der Waals surface area contributed by atoms with Gasteiger partial charge in [0.2, 0.25) is 0 Å². The molecule has 0 amide bonds. The number of nitrogens with one attached hydrogen (secondary N) is 1. The van der Waals surface area contributed by atoms with Gasteiger partial charge in [0.1, 0.15) is 4.90 Å². The van der Waals surface area contributed by atoms with Crippen molar-refractivity contribution >= 4 is 26.6 Å². The lowest BCUT2D eigenvalue weighted by Crippen LogP contribution is -2.16. The van der Waals surface area contributed by atoms with E-state index in [-0.39, 0.29) is 11.5 Å². The van der Waals surface area contributed by atoms with Crippen molar-refractivity contribution in [1.29, 1.82) is 0 Å². The van der Waals surface area contributed by atoms with Crippen LogP contribution in [-0.4, -0.2) is 23.5 Å². The molecule has 0 fully saturated rings. The zero-order valence-corrected chi connectivity index (χ0v) is 17.5. The van der Waals surface area contributed by atoms with Gasteiger partial charge in [-0.05, 0) is 42.3 Å². The van der Waals surface area contributed by atoms with E-state index in [2.05, 4.69) is 26.5 Å². The van der Waals surface area contributed by atoms with Gasteiger partial charge >= 0.3 is 0 Å². The summed E-state index contributed by atoms with van der Waals surface area (Å²) in [5, 5.41) is 10.0. The number of fused-ring (bicyclic) bond motifs is 1. The molecule has 6 nitrogen and oxygen atoms in total. The summed E-state index contributed by atoms with van der Waals surface area (Å²) in [5.41, 5.74) is 3.19. The molecule has 0 saturated carbocycles. The third kappa shape index (κ3) is 4.40. The number of sulfonamides is 1. The van der Waals surface area contributed by atoms with Gasteiger partial charge in [-0.3, -0.25) is 14.7 Å². The molecule has 0 radical (unpaired) electrons. The number of hydrogen-bond acceptors (Lipinski definition) is 5. The maximum atomic E-state index is 13.3. The van der Waals surface area contributed by atoms with E-state index < -0.39 is 10.0 Å². The minimum absolute atomic E-state index is 0.128. The van der Waals surface area contributed by atoms with E-state index in [0.717, 1.165) is 5.39 Å². The summed E-state index contributed by atoms with van der Waals surface area (Å²) in [6, 6.07) is 15.9. The third-order valence-electron chi connectivity index (χ3n) is 4.68. The quantitative estimate of drug-likeness (QED) is 0.484. The molecular formula is C24H19N3O3S. The summed E-state index contributed by atoms with van der Waals surface area (Å²) in [4.78, 5) is 8.48. The van der Waals surface area contributed by atoms with Crippen molar-refractivity contribution in [3.8, 4) is 11.8 Å². The van der Waals surface area contributed by atoms with Crippen LogP contribution < -0.4 is 4.72 Å². The molecule has 0 aliphatic rings. The second-order valence-electron chi connectivity index (χ2n) is 6.93. The highest BCUT2D eigenvalue weighted by molar-refractivity contribution is 7.93. The molecule has 0 aliphatic carbocycles. The van der Waals surface area contributed by atoms with Gasteiger partial charge in [0, 0.05) is 35.1 Å². The van der Waals surface area contributed by atoms with Crippen molar-refractivity contribution in [3.63, 3.8) is 0 Å². The van der Waals surface area contributed by atoms with Crippen molar-refractivity contribution in [2.75, 3.05) is 4.72 Å². The number of para-hydroxylation sites is 1. The van der Waals surface area contributed by atoms with Crippen LogP contribution in [-0.2, 0) is 16.6 Å². The molecular weight excluding hydrogens is 410 g/mol. The Hall–Kier alpha value is -3.73. The fourth-order valence-corrected chi connectivity index (χ4v) is 4.70. The van der Waals surface area contributed by atoms with E-state index in [0.29, 0.717) is 33.5 Å². The summed E-state index contributed by atoms with van der Waals surface area (Å²) in [5.74, 6) is 5.96. The van der Waals surface area contributed by atoms with Gasteiger partial charge in [0.05, 0.1) is 17.8 Å². The Morgan fingerprint density at radius 3 is 2.71 bits per heavy atom. The molecule has 0 bridgehead atoms. The van der Waals surface area contributed by atoms with E-state index in [1.807, 2.05) is 12.1 Å². The standard InChI is InChI=1S/C24H19N3O3S/c1-17-8-10-21-6-4-12-26-23(21)24(17)31(29,30)27-22-7-3-2-5-20(22)11-9-18-13-19(16-28)15-25-14-18/h2-8,10,12-15,27-28H,16H2,1H3. The molecule has 31 heavy (non-hydrogen) atoms. The Labute approximate surface area is 180 Å². The van der Waals surface area contributed by atoms with Crippen LogP contribution in [0.25, 0.3) is 10.9 Å². The summed E-state index contributed by atoms with van der Waals surface area (Å²) in [7, 11) is -3.91. The minimum Gasteiger partial charge on any atom is -0.392 e. The van der Waals surface area contributed by atoms with E-state index >= 15 is 0 Å². The number of rotatable bonds is 4. The highest BCUT2D eigenvalue weighted by Gasteiger charge is 2.22. The lowest BCUT2D eigenvalue weighted by molar-refractivity contribution is 0.281. The maximum Gasteiger partial charge on any atom is 0.264 e. The van der Waals surface area contributed by atoms with Crippen LogP contribution in [0.4, 0.5) is 5.69 Å². The van der Waals surface area contributed by atoms with E-state index in [4.69, 9.17) is 0 Å². The number of anilines is 1. The largest absolute Gasteiger partial charge is 0.392 e. The summed E-state index contributed by atoms with van der Waals surface area (Å²) >= 11 is 0. The molecule has 0 atom stereocenters. The molecule has 2 aromatic carbocycles. The number of nitrogens with zero attached hydrogens (tertiary/aromatic N) is 2. The van der Waals surface area contributed by atoms with Crippen LogP contribution in [0.2, 0.25) is 0 Å². The Bertz CT molecular complexity index is 1440. The predicted octanol–water partition coefficient (Wildman–Crippen LogP) is 3.63. The minimum atomic E-state index is -3.91. The van der Waals surface area contributed by atoms with E-state index in [9.17, 15) is 13.5 Å². The summed E-state index contributed by atoms with van der Waals surface area (Å²) in [6.45, 7) is 1.62. The molecule has 4 rings (SSSR count). The second kappa shape index (κ2) is 8.56. The number of aliphatic hydroxyl groups excluding tert-OH is 1. The van der Waals surface area contributed by atoms with Gasteiger partial charge in [-0.15, -0.1) is 0 Å². The number of aliphatic hydroxyl groups is 1. The van der Waals surface area contributed by atoms with Gasteiger partial charge in [-0.1, -0.05) is 42.2 Å². The molecule has 2 N–H and O–H groups in total. The molecule has 0 aliphatic heterocycles. The van der Waals surface area contributed by atoms with Crippen LogP contribution in [0.15, 0.2) is 78.1 Å². The highest BCUT2D eigenvalue weighted by atomic mass is 32.2. The van der Waals surface area contributed by atoms with Crippen molar-refractivity contribution < 1.29 is 13.5 Å². The normalized spacial score (nSPS) is 11.0. The van der Waals surface area contributed by atoms with Gasteiger partial charge in [0.15, 0.2) is 0 Å².